The van der Waals surface area contributed by atoms with E-state index in [4.69, 9.17) is 4.74 Å². The van der Waals surface area contributed by atoms with Crippen LogP contribution in [0.5, 0.6) is 0 Å². The van der Waals surface area contributed by atoms with Gasteiger partial charge in [-0.05, 0) is 18.4 Å². The van der Waals surface area contributed by atoms with Gasteiger partial charge in [0.2, 0.25) is 0 Å². The molecular formula is C17H27N3O. The summed E-state index contributed by atoms with van der Waals surface area (Å²) in [5.74, 6) is 1.31. The molecule has 1 unspecified atom stereocenters. The molecule has 2 N–H and O–H groups in total. The zero-order valence-corrected chi connectivity index (χ0v) is 13.6. The van der Waals surface area contributed by atoms with Crippen molar-refractivity contribution in [2.75, 3.05) is 33.4 Å². The van der Waals surface area contributed by atoms with E-state index < -0.39 is 0 Å². The van der Waals surface area contributed by atoms with Crippen molar-refractivity contribution in [3.05, 3.63) is 35.4 Å². The Morgan fingerprint density at radius 2 is 2.14 bits per heavy atom. The molecule has 1 heterocycles. The second-order valence-electron chi connectivity index (χ2n) is 6.43. The Hall–Kier alpha value is -1.55. The summed E-state index contributed by atoms with van der Waals surface area (Å²) in [5, 5.41) is 6.79. The number of nitrogens with one attached hydrogen (secondary N) is 2. The maximum atomic E-state index is 5.27. The highest BCUT2D eigenvalue weighted by atomic mass is 16.5. The van der Waals surface area contributed by atoms with Crippen LogP contribution in [0.4, 0.5) is 0 Å². The standard InChI is InChI=1S/C17H27N3O/c1-13-6-5-7-15(8-13)14(2)9-19-16(18-4)20-10-17(3)11-21-12-17/h5-8,14H,9-12H2,1-4H3,(H2,18,19,20). The first-order valence-electron chi connectivity index (χ1n) is 7.61. The maximum Gasteiger partial charge on any atom is 0.191 e. The van der Waals surface area contributed by atoms with E-state index in [0.717, 1.165) is 32.3 Å². The number of hydrogen-bond donors (Lipinski definition) is 2. The molecule has 0 aliphatic carbocycles. The van der Waals surface area contributed by atoms with Gasteiger partial charge in [0.1, 0.15) is 0 Å². The maximum absolute atomic E-state index is 5.27. The average Bonchev–Trinajstić information content (AvgIpc) is 2.45. The highest BCUT2D eigenvalue weighted by molar-refractivity contribution is 5.79. The van der Waals surface area contributed by atoms with Crippen LogP contribution in [-0.4, -0.2) is 39.3 Å². The van der Waals surface area contributed by atoms with Crippen LogP contribution in [0.15, 0.2) is 29.3 Å². The average molecular weight is 289 g/mol. The van der Waals surface area contributed by atoms with Gasteiger partial charge in [-0.1, -0.05) is 43.7 Å². The van der Waals surface area contributed by atoms with Crippen molar-refractivity contribution in [3.63, 3.8) is 0 Å². The number of ether oxygens (including phenoxy) is 1. The summed E-state index contributed by atoms with van der Waals surface area (Å²) < 4.78 is 5.27. The lowest BCUT2D eigenvalue weighted by atomic mass is 9.89. The van der Waals surface area contributed by atoms with E-state index in [0.29, 0.717) is 5.92 Å². The number of guanidine groups is 1. The fraction of sp³-hybridized carbons (Fsp3) is 0.588. The Labute approximate surface area is 128 Å². The second kappa shape index (κ2) is 6.94. The molecule has 0 bridgehead atoms. The molecule has 1 atom stereocenters. The van der Waals surface area contributed by atoms with Crippen molar-refractivity contribution in [2.45, 2.75) is 26.7 Å². The molecule has 0 amide bonds. The molecule has 0 spiro atoms. The molecule has 116 valence electrons. The second-order valence-corrected chi connectivity index (χ2v) is 6.43. The molecule has 4 nitrogen and oxygen atoms in total. The van der Waals surface area contributed by atoms with Crippen molar-refractivity contribution >= 4 is 5.96 Å². The van der Waals surface area contributed by atoms with E-state index in [9.17, 15) is 0 Å². The van der Waals surface area contributed by atoms with Gasteiger partial charge < -0.3 is 15.4 Å². The Morgan fingerprint density at radius 3 is 2.71 bits per heavy atom. The molecule has 1 aliphatic heterocycles. The third-order valence-corrected chi connectivity index (χ3v) is 3.99. The first-order valence-corrected chi connectivity index (χ1v) is 7.61. The summed E-state index contributed by atoms with van der Waals surface area (Å²) in [6, 6.07) is 8.68. The van der Waals surface area contributed by atoms with Crippen molar-refractivity contribution in [2.24, 2.45) is 10.4 Å². The minimum absolute atomic E-state index is 0.250. The fourth-order valence-corrected chi connectivity index (χ4v) is 2.41. The molecule has 1 aliphatic rings. The molecule has 0 aromatic heterocycles. The molecule has 2 rings (SSSR count). The summed E-state index contributed by atoms with van der Waals surface area (Å²) >= 11 is 0. The number of hydrogen-bond acceptors (Lipinski definition) is 2. The van der Waals surface area contributed by atoms with Gasteiger partial charge in [0.15, 0.2) is 5.96 Å². The largest absolute Gasteiger partial charge is 0.380 e. The van der Waals surface area contributed by atoms with E-state index in [-0.39, 0.29) is 5.41 Å². The smallest absolute Gasteiger partial charge is 0.191 e. The Balaban J connectivity index is 1.80. The highest BCUT2D eigenvalue weighted by Crippen LogP contribution is 2.24. The lowest BCUT2D eigenvalue weighted by Crippen LogP contribution is -2.51. The number of aliphatic imine (C=N–C) groups is 1. The first-order chi connectivity index (χ1) is 10.0. The minimum atomic E-state index is 0.250. The van der Waals surface area contributed by atoms with Gasteiger partial charge in [-0.25, -0.2) is 0 Å². The highest BCUT2D eigenvalue weighted by Gasteiger charge is 2.33. The SMILES string of the molecule is CN=C(NCC(C)c1cccc(C)c1)NCC1(C)COC1. The van der Waals surface area contributed by atoms with Crippen molar-refractivity contribution in [3.8, 4) is 0 Å². The van der Waals surface area contributed by atoms with Crippen LogP contribution in [0, 0.1) is 12.3 Å². The minimum Gasteiger partial charge on any atom is -0.380 e. The van der Waals surface area contributed by atoms with Crippen LogP contribution < -0.4 is 10.6 Å². The van der Waals surface area contributed by atoms with Crippen molar-refractivity contribution in [1.29, 1.82) is 0 Å². The van der Waals surface area contributed by atoms with Crippen LogP contribution >= 0.6 is 0 Å². The van der Waals surface area contributed by atoms with E-state index in [1.807, 2.05) is 7.05 Å². The molecule has 21 heavy (non-hydrogen) atoms. The summed E-state index contributed by atoms with van der Waals surface area (Å²) in [5.41, 5.74) is 2.91. The molecule has 0 saturated carbocycles. The van der Waals surface area contributed by atoms with Crippen molar-refractivity contribution < 1.29 is 4.74 Å². The summed E-state index contributed by atoms with van der Waals surface area (Å²) in [6.07, 6.45) is 0. The Morgan fingerprint density at radius 1 is 1.38 bits per heavy atom. The number of nitrogens with zero attached hydrogens (tertiary/aromatic N) is 1. The van der Waals surface area contributed by atoms with Gasteiger partial charge in [-0.2, -0.15) is 0 Å². The van der Waals surface area contributed by atoms with E-state index >= 15 is 0 Å². The van der Waals surface area contributed by atoms with Gasteiger partial charge in [-0.15, -0.1) is 0 Å². The topological polar surface area (TPSA) is 45.7 Å². The monoisotopic (exact) mass is 289 g/mol. The summed E-state index contributed by atoms with van der Waals surface area (Å²) in [4.78, 5) is 4.29. The lowest BCUT2D eigenvalue weighted by Gasteiger charge is -2.38. The van der Waals surface area contributed by atoms with E-state index in [1.54, 1.807) is 0 Å². The van der Waals surface area contributed by atoms with Crippen LogP contribution in [0.2, 0.25) is 0 Å². The normalized spacial score (nSPS) is 18.8. The molecule has 1 fully saturated rings. The van der Waals surface area contributed by atoms with Gasteiger partial charge in [0.05, 0.1) is 13.2 Å². The lowest BCUT2D eigenvalue weighted by molar-refractivity contribution is -0.0971. The summed E-state index contributed by atoms with van der Waals surface area (Å²) in [6.45, 7) is 10.0. The zero-order valence-electron chi connectivity index (χ0n) is 13.6. The molecule has 1 saturated heterocycles. The molecule has 4 heteroatoms. The Bertz CT molecular complexity index is 495. The van der Waals surface area contributed by atoms with Crippen LogP contribution in [0.3, 0.4) is 0 Å². The summed E-state index contributed by atoms with van der Waals surface area (Å²) in [7, 11) is 1.81. The molecule has 1 aromatic rings. The molecule has 0 radical (unpaired) electrons. The van der Waals surface area contributed by atoms with Gasteiger partial charge in [0, 0.05) is 25.6 Å². The molecule has 1 aromatic carbocycles. The predicted molar refractivity (Wildman–Crippen MR) is 87.9 cm³/mol. The molecular weight excluding hydrogens is 262 g/mol. The van der Waals surface area contributed by atoms with Gasteiger partial charge in [-0.3, -0.25) is 4.99 Å². The van der Waals surface area contributed by atoms with Crippen LogP contribution in [-0.2, 0) is 4.74 Å². The number of benzene rings is 1. The third kappa shape index (κ3) is 4.46. The number of aryl methyl sites for hydroxylation is 1. The number of rotatable bonds is 5. The zero-order chi connectivity index (χ0) is 15.3. The first kappa shape index (κ1) is 15.8. The van der Waals surface area contributed by atoms with Gasteiger partial charge >= 0.3 is 0 Å². The van der Waals surface area contributed by atoms with Gasteiger partial charge in [0.25, 0.3) is 0 Å². The third-order valence-electron chi connectivity index (χ3n) is 3.99. The van der Waals surface area contributed by atoms with Crippen LogP contribution in [0.1, 0.15) is 30.9 Å². The van der Waals surface area contributed by atoms with Crippen molar-refractivity contribution in [1.82, 2.24) is 10.6 Å². The predicted octanol–water partition coefficient (Wildman–Crippen LogP) is 2.30. The van der Waals surface area contributed by atoms with E-state index in [2.05, 4.69) is 60.7 Å². The van der Waals surface area contributed by atoms with E-state index in [1.165, 1.54) is 11.1 Å². The Kier molecular flexibility index (Phi) is 5.23. The quantitative estimate of drug-likeness (QED) is 0.646. The fourth-order valence-electron chi connectivity index (χ4n) is 2.41. The van der Waals surface area contributed by atoms with Crippen LogP contribution in [0.25, 0.3) is 0 Å².